The van der Waals surface area contributed by atoms with Gasteiger partial charge in [0.15, 0.2) is 13.9 Å². The Morgan fingerprint density at radius 1 is 0.841 bits per heavy atom. The van der Waals surface area contributed by atoms with Crippen molar-refractivity contribution in [1.82, 2.24) is 15.0 Å². The predicted octanol–water partition coefficient (Wildman–Crippen LogP) is 7.32. The molecule has 3 amide bonds. The Morgan fingerprint density at radius 2 is 1.43 bits per heavy atom. The molecule has 2 aliphatic heterocycles. The zero-order valence-electron chi connectivity index (χ0n) is 35.7. The number of hydrogen-bond donors (Lipinski definition) is 4. The van der Waals surface area contributed by atoms with Crippen LogP contribution in [0.2, 0.25) is 18.6 Å². The van der Waals surface area contributed by atoms with Crippen LogP contribution in [0.3, 0.4) is 0 Å². The van der Waals surface area contributed by atoms with Gasteiger partial charge in [-0.15, -0.1) is 5.10 Å². The van der Waals surface area contributed by atoms with Gasteiger partial charge in [-0.3, -0.25) is 19.1 Å². The van der Waals surface area contributed by atoms with Crippen molar-refractivity contribution in [3.63, 3.8) is 0 Å². The maximum atomic E-state index is 15.3. The van der Waals surface area contributed by atoms with Crippen molar-refractivity contribution in [1.29, 1.82) is 0 Å². The zero-order valence-corrected chi connectivity index (χ0v) is 36.7. The predicted molar refractivity (Wildman–Crippen MR) is 240 cm³/mol. The lowest BCUT2D eigenvalue weighted by molar-refractivity contribution is -0.146. The summed E-state index contributed by atoms with van der Waals surface area (Å²) in [6, 6.07) is 35.5. The van der Waals surface area contributed by atoms with Gasteiger partial charge in [-0.05, 0) is 110 Å². The summed E-state index contributed by atoms with van der Waals surface area (Å²) in [5.41, 5.74) is 3.22. The van der Waals surface area contributed by atoms with Crippen LogP contribution in [-0.2, 0) is 28.2 Å². The number of ether oxygens (including phenoxy) is 3. The molecule has 14 nitrogen and oxygen atoms in total. The normalized spacial score (nSPS) is 19.8. The number of aliphatic hydroxyl groups excluding tert-OH is 1. The second-order valence-electron chi connectivity index (χ2n) is 16.6. The fraction of sp³-hybridized carbons (Fsp3) is 0.271. The number of aryl methyl sites for hydroxylation is 1. The molecule has 63 heavy (non-hydrogen) atoms. The standard InChI is InChI=1S/C48H50N6O8Si/c1-30-44(63(4,5)59)42(25-26-53-29-40(51-52-53)43(55)32-9-7-6-8-10-32)62-48(30)39-27-36(50-46(57)34-15-22-38(61-3)23-16-34)19-24-41(39)54(47(48)58)28-31-11-17-35(18-12-31)49-45(56)33-13-20-37(60-2)21-14-33/h6-24,27,29-30,42-44,55,59H,25-26,28H2,1-5H3,(H,49,56)(H,50,57)/t30-,42+,43+,44-,48+/m0/s1. The van der Waals surface area contributed by atoms with Crippen molar-refractivity contribution >= 4 is 43.1 Å². The fourth-order valence-electron chi connectivity index (χ4n) is 8.96. The van der Waals surface area contributed by atoms with Crippen molar-refractivity contribution in [2.75, 3.05) is 29.8 Å². The number of methoxy groups -OCH3 is 2. The highest BCUT2D eigenvalue weighted by atomic mass is 28.4. The zero-order chi connectivity index (χ0) is 44.5. The van der Waals surface area contributed by atoms with Crippen LogP contribution in [0.5, 0.6) is 11.5 Å². The average Bonchev–Trinajstić information content (AvgIpc) is 3.96. The number of anilines is 3. The molecule has 1 saturated heterocycles. The van der Waals surface area contributed by atoms with Gasteiger partial charge in [0.2, 0.25) is 0 Å². The monoisotopic (exact) mass is 866 g/mol. The number of carbonyl (C=O) groups is 3. The van der Waals surface area contributed by atoms with E-state index in [1.807, 2.05) is 74.6 Å². The molecule has 4 N–H and O–H groups in total. The largest absolute Gasteiger partial charge is 0.497 e. The second kappa shape index (κ2) is 17.6. The van der Waals surface area contributed by atoms with E-state index in [0.29, 0.717) is 69.5 Å². The maximum Gasteiger partial charge on any atom is 0.264 e. The highest BCUT2D eigenvalue weighted by Crippen LogP contribution is 2.60. The van der Waals surface area contributed by atoms with Crippen LogP contribution in [0, 0.1) is 5.92 Å². The Hall–Kier alpha value is -6.65. The summed E-state index contributed by atoms with van der Waals surface area (Å²) in [4.78, 5) is 55.4. The summed E-state index contributed by atoms with van der Waals surface area (Å²) in [6.45, 7) is 6.24. The van der Waals surface area contributed by atoms with Gasteiger partial charge in [0.05, 0.1) is 38.8 Å². The summed E-state index contributed by atoms with van der Waals surface area (Å²) in [6.07, 6.45) is 0.599. The van der Waals surface area contributed by atoms with E-state index in [4.69, 9.17) is 14.2 Å². The molecule has 3 heterocycles. The molecule has 5 aromatic carbocycles. The molecule has 0 aliphatic carbocycles. The number of hydrogen-bond acceptors (Lipinski definition) is 10. The van der Waals surface area contributed by atoms with E-state index in [1.165, 1.54) is 0 Å². The number of fused-ring (bicyclic) bond motifs is 2. The molecule has 324 valence electrons. The SMILES string of the molecule is COc1ccc(C(=O)Nc2ccc(CN3C(=O)[C@]4(O[C@H](CCn5cc([C@H](O)c6ccccc6)nn5)[C@@H]([Si](C)(C)O)[C@@H]4C)c4cc(NC(=O)c5ccc(OC)cc5)ccc43)cc2)cc1. The first-order chi connectivity index (χ1) is 30.3. The third kappa shape index (κ3) is 8.60. The number of benzene rings is 5. The Labute approximate surface area is 366 Å². The molecule has 1 fully saturated rings. The molecule has 0 radical (unpaired) electrons. The first kappa shape index (κ1) is 43.0. The minimum absolute atomic E-state index is 0.189. The van der Waals surface area contributed by atoms with Crippen molar-refractivity contribution in [3.05, 3.63) is 161 Å². The molecular weight excluding hydrogens is 817 g/mol. The molecule has 0 unspecified atom stereocenters. The topological polar surface area (TPSA) is 177 Å². The van der Waals surface area contributed by atoms with E-state index in [-0.39, 0.29) is 29.8 Å². The highest BCUT2D eigenvalue weighted by molar-refractivity contribution is 6.71. The molecule has 8 rings (SSSR count). The molecular formula is C48H50N6O8Si. The van der Waals surface area contributed by atoms with E-state index in [2.05, 4.69) is 20.9 Å². The van der Waals surface area contributed by atoms with Gasteiger partial charge in [-0.25, -0.2) is 0 Å². The van der Waals surface area contributed by atoms with Crippen LogP contribution in [0.25, 0.3) is 0 Å². The fourth-order valence-corrected chi connectivity index (χ4v) is 11.6. The number of aromatic nitrogens is 3. The summed E-state index contributed by atoms with van der Waals surface area (Å²) in [5, 5.41) is 25.4. The Morgan fingerprint density at radius 3 is 2.02 bits per heavy atom. The van der Waals surface area contributed by atoms with Crippen LogP contribution in [0.15, 0.2) is 128 Å². The number of carbonyl (C=O) groups excluding carboxylic acids is 3. The minimum atomic E-state index is -3.03. The molecule has 6 aromatic rings. The van der Waals surface area contributed by atoms with Gasteiger partial charge in [0.1, 0.15) is 23.3 Å². The van der Waals surface area contributed by atoms with Crippen LogP contribution >= 0.6 is 0 Å². The number of aliphatic hydroxyl groups is 1. The van der Waals surface area contributed by atoms with Crippen LogP contribution in [0.1, 0.15) is 62.5 Å². The van der Waals surface area contributed by atoms with Crippen molar-refractivity contribution in [3.8, 4) is 11.5 Å². The first-order valence-electron chi connectivity index (χ1n) is 20.8. The van der Waals surface area contributed by atoms with Gasteiger partial charge in [-0.1, -0.05) is 54.6 Å². The summed E-state index contributed by atoms with van der Waals surface area (Å²) in [5.74, 6) is -0.0840. The van der Waals surface area contributed by atoms with E-state index >= 15 is 4.79 Å². The number of nitrogens with one attached hydrogen (secondary N) is 2. The number of rotatable bonds is 14. The van der Waals surface area contributed by atoms with Crippen LogP contribution < -0.4 is 25.0 Å². The van der Waals surface area contributed by atoms with Gasteiger partial charge < -0.3 is 39.6 Å². The van der Waals surface area contributed by atoms with Gasteiger partial charge in [0, 0.05) is 46.1 Å². The molecule has 1 spiro atoms. The van der Waals surface area contributed by atoms with Crippen LogP contribution in [-0.4, -0.2) is 71.3 Å². The average molecular weight is 867 g/mol. The molecule has 0 bridgehead atoms. The second-order valence-corrected chi connectivity index (χ2v) is 20.5. The molecule has 5 atom stereocenters. The van der Waals surface area contributed by atoms with Gasteiger partial charge in [0.25, 0.3) is 17.7 Å². The number of amides is 3. The lowest BCUT2D eigenvalue weighted by Gasteiger charge is -2.32. The van der Waals surface area contributed by atoms with Gasteiger partial charge in [-0.2, -0.15) is 0 Å². The summed E-state index contributed by atoms with van der Waals surface area (Å²) < 4.78 is 19.2. The van der Waals surface area contributed by atoms with E-state index in [1.54, 1.807) is 96.7 Å². The summed E-state index contributed by atoms with van der Waals surface area (Å²) >= 11 is 0. The lowest BCUT2D eigenvalue weighted by Crippen LogP contribution is -2.46. The van der Waals surface area contributed by atoms with E-state index in [0.717, 1.165) is 5.56 Å². The Kier molecular flexibility index (Phi) is 12.0. The van der Waals surface area contributed by atoms with Crippen molar-refractivity contribution < 1.29 is 38.5 Å². The third-order valence-electron chi connectivity index (χ3n) is 12.1. The van der Waals surface area contributed by atoms with Gasteiger partial charge >= 0.3 is 0 Å². The number of nitrogens with zero attached hydrogens (tertiary/aromatic N) is 4. The smallest absolute Gasteiger partial charge is 0.264 e. The molecule has 0 saturated carbocycles. The van der Waals surface area contributed by atoms with E-state index in [9.17, 15) is 19.5 Å². The lowest BCUT2D eigenvalue weighted by atomic mass is 9.82. The molecule has 15 heteroatoms. The molecule has 2 aliphatic rings. The highest BCUT2D eigenvalue weighted by Gasteiger charge is 2.66. The Bertz CT molecular complexity index is 2600. The first-order valence-corrected chi connectivity index (χ1v) is 23.8. The third-order valence-corrected chi connectivity index (χ3v) is 14.6. The maximum absolute atomic E-state index is 15.3. The summed E-state index contributed by atoms with van der Waals surface area (Å²) in [7, 11) is 0.0978. The Balaban J connectivity index is 1.08. The molecule has 1 aromatic heterocycles. The van der Waals surface area contributed by atoms with Crippen molar-refractivity contribution in [2.24, 2.45) is 5.92 Å². The van der Waals surface area contributed by atoms with Crippen molar-refractivity contribution in [2.45, 2.75) is 62.9 Å². The minimum Gasteiger partial charge on any atom is -0.497 e. The van der Waals surface area contributed by atoms with E-state index < -0.39 is 32.0 Å². The van der Waals surface area contributed by atoms with Crippen LogP contribution in [0.4, 0.5) is 17.1 Å². The quantitative estimate of drug-likeness (QED) is 0.0812.